The minimum atomic E-state index is -0.846. The Balaban J connectivity index is 1.24. The third-order valence-corrected chi connectivity index (χ3v) is 5.80. The number of aryl methyl sites for hydroxylation is 1. The van der Waals surface area contributed by atoms with Crippen LogP contribution in [0.1, 0.15) is 17.9 Å². The second-order valence-electron chi connectivity index (χ2n) is 8.30. The molecule has 2 amide bonds. The van der Waals surface area contributed by atoms with Crippen LogP contribution in [0.25, 0.3) is 11.4 Å². The number of amides is 2. The number of fused-ring (bicyclic) bond motifs is 1. The van der Waals surface area contributed by atoms with E-state index in [-0.39, 0.29) is 37.0 Å². The van der Waals surface area contributed by atoms with Gasteiger partial charge in [-0.2, -0.15) is 4.98 Å². The van der Waals surface area contributed by atoms with Crippen LogP contribution >= 0.6 is 0 Å². The molecule has 0 saturated heterocycles. The van der Waals surface area contributed by atoms with E-state index >= 15 is 0 Å². The van der Waals surface area contributed by atoms with Crippen LogP contribution in [0.3, 0.4) is 0 Å². The number of carbonyl (C=O) groups is 2. The number of ether oxygens (including phenoxy) is 1. The van der Waals surface area contributed by atoms with E-state index in [4.69, 9.17) is 9.26 Å². The van der Waals surface area contributed by atoms with Gasteiger partial charge in [-0.3, -0.25) is 9.59 Å². The highest BCUT2D eigenvalue weighted by Crippen LogP contribution is 2.33. The van der Waals surface area contributed by atoms with Crippen molar-refractivity contribution in [1.82, 2.24) is 15.5 Å². The number of carbonyl (C=O) groups excluding carboxylic acids is 2. The second kappa shape index (κ2) is 10.4. The number of para-hydroxylation sites is 2. The molecule has 1 aliphatic rings. The zero-order valence-electron chi connectivity index (χ0n) is 19.3. The van der Waals surface area contributed by atoms with Crippen LogP contribution in [0, 0.1) is 5.82 Å². The van der Waals surface area contributed by atoms with Crippen molar-refractivity contribution in [3.8, 4) is 17.1 Å². The lowest BCUT2D eigenvalue weighted by Crippen LogP contribution is -2.50. The third kappa shape index (κ3) is 5.25. The number of nitrogens with one attached hydrogen (secondary N) is 1. The van der Waals surface area contributed by atoms with Crippen molar-refractivity contribution >= 4 is 17.5 Å². The summed E-state index contributed by atoms with van der Waals surface area (Å²) in [6.45, 7) is 0.448. The van der Waals surface area contributed by atoms with Gasteiger partial charge in [-0.05, 0) is 42.0 Å². The lowest BCUT2D eigenvalue weighted by Gasteiger charge is -2.34. The van der Waals surface area contributed by atoms with E-state index in [2.05, 4.69) is 15.5 Å². The summed E-state index contributed by atoms with van der Waals surface area (Å²) in [6, 6.07) is 22.4. The van der Waals surface area contributed by atoms with Crippen LogP contribution in [0.15, 0.2) is 83.4 Å². The SMILES string of the molecule is O=C(NCc1ccccc1)C1CN(C(=O)CCc2nc(-c3ccc(F)cc3)no2)c2ccccc2O1. The summed E-state index contributed by atoms with van der Waals surface area (Å²) in [6.07, 6.45) is -0.532. The molecule has 1 unspecified atom stereocenters. The third-order valence-electron chi connectivity index (χ3n) is 5.80. The molecule has 0 radical (unpaired) electrons. The molecule has 182 valence electrons. The van der Waals surface area contributed by atoms with Gasteiger partial charge in [-0.15, -0.1) is 0 Å². The molecular formula is C27H23FN4O4. The Hall–Kier alpha value is -4.53. The van der Waals surface area contributed by atoms with Crippen molar-refractivity contribution in [2.24, 2.45) is 0 Å². The smallest absolute Gasteiger partial charge is 0.263 e. The van der Waals surface area contributed by atoms with Crippen LogP contribution in [-0.2, 0) is 22.6 Å². The first-order valence-electron chi connectivity index (χ1n) is 11.5. The minimum Gasteiger partial charge on any atom is -0.477 e. The largest absolute Gasteiger partial charge is 0.477 e. The number of aromatic nitrogens is 2. The predicted octanol–water partition coefficient (Wildman–Crippen LogP) is 3.92. The monoisotopic (exact) mass is 486 g/mol. The van der Waals surface area contributed by atoms with E-state index in [9.17, 15) is 14.0 Å². The lowest BCUT2D eigenvalue weighted by atomic mass is 10.1. The molecule has 0 aliphatic carbocycles. The molecule has 2 heterocycles. The Kier molecular flexibility index (Phi) is 6.70. The van der Waals surface area contributed by atoms with Crippen molar-refractivity contribution in [3.63, 3.8) is 0 Å². The van der Waals surface area contributed by atoms with Gasteiger partial charge in [0.15, 0.2) is 6.10 Å². The highest BCUT2D eigenvalue weighted by atomic mass is 19.1. The number of benzene rings is 3. The summed E-state index contributed by atoms with van der Waals surface area (Å²) in [5.74, 6) is 0.227. The van der Waals surface area contributed by atoms with Crippen LogP contribution in [0.5, 0.6) is 5.75 Å². The van der Waals surface area contributed by atoms with Gasteiger partial charge in [-0.1, -0.05) is 47.6 Å². The summed E-state index contributed by atoms with van der Waals surface area (Å²) in [4.78, 5) is 31.9. The fourth-order valence-electron chi connectivity index (χ4n) is 3.93. The van der Waals surface area contributed by atoms with Crippen LogP contribution < -0.4 is 15.0 Å². The van der Waals surface area contributed by atoms with Gasteiger partial charge in [0.1, 0.15) is 11.6 Å². The van der Waals surface area contributed by atoms with Crippen molar-refractivity contribution in [3.05, 3.63) is 96.1 Å². The molecular weight excluding hydrogens is 463 g/mol. The number of halogens is 1. The Morgan fingerprint density at radius 3 is 2.56 bits per heavy atom. The molecule has 1 atom stereocenters. The average Bonchev–Trinajstić information content (AvgIpc) is 3.40. The average molecular weight is 487 g/mol. The maximum Gasteiger partial charge on any atom is 0.263 e. The Morgan fingerprint density at radius 2 is 1.75 bits per heavy atom. The van der Waals surface area contributed by atoms with Gasteiger partial charge in [0.05, 0.1) is 12.2 Å². The number of hydrogen-bond acceptors (Lipinski definition) is 6. The normalized spacial score (nSPS) is 14.6. The fraction of sp³-hybridized carbons (Fsp3) is 0.185. The van der Waals surface area contributed by atoms with Crippen LogP contribution in [0.4, 0.5) is 10.1 Å². The molecule has 5 rings (SSSR count). The standard InChI is InChI=1S/C27H23FN4O4/c28-20-12-10-19(11-13-20)26-30-24(36-31-26)14-15-25(33)32-17-23(35-22-9-5-4-8-21(22)32)27(34)29-16-18-6-2-1-3-7-18/h1-13,23H,14-17H2,(H,29,34). The summed E-state index contributed by atoms with van der Waals surface area (Å²) in [7, 11) is 0. The van der Waals surface area contributed by atoms with Crippen molar-refractivity contribution in [2.75, 3.05) is 11.4 Å². The highest BCUT2D eigenvalue weighted by molar-refractivity contribution is 5.97. The summed E-state index contributed by atoms with van der Waals surface area (Å²) < 4.78 is 24.3. The molecule has 8 nitrogen and oxygen atoms in total. The lowest BCUT2D eigenvalue weighted by molar-refractivity contribution is -0.128. The minimum absolute atomic E-state index is 0.0845. The molecule has 1 aromatic heterocycles. The molecule has 4 aromatic rings. The molecule has 1 aliphatic heterocycles. The fourth-order valence-corrected chi connectivity index (χ4v) is 3.93. The highest BCUT2D eigenvalue weighted by Gasteiger charge is 2.33. The van der Waals surface area contributed by atoms with Crippen LogP contribution in [0.2, 0.25) is 0 Å². The van der Waals surface area contributed by atoms with Crippen molar-refractivity contribution < 1.29 is 23.2 Å². The summed E-state index contributed by atoms with van der Waals surface area (Å²) >= 11 is 0. The van der Waals surface area contributed by atoms with E-state index < -0.39 is 6.10 Å². The van der Waals surface area contributed by atoms with Gasteiger partial charge in [0.25, 0.3) is 5.91 Å². The molecule has 9 heteroatoms. The molecule has 0 spiro atoms. The van der Waals surface area contributed by atoms with Crippen molar-refractivity contribution in [2.45, 2.75) is 25.5 Å². The van der Waals surface area contributed by atoms with Gasteiger partial charge in [-0.25, -0.2) is 4.39 Å². The first-order valence-corrected chi connectivity index (χ1v) is 11.5. The number of hydrogen-bond donors (Lipinski definition) is 1. The van der Waals surface area contributed by atoms with Crippen LogP contribution in [-0.4, -0.2) is 34.6 Å². The van der Waals surface area contributed by atoms with E-state index in [0.29, 0.717) is 35.3 Å². The number of anilines is 1. The van der Waals surface area contributed by atoms with E-state index in [0.717, 1.165) is 5.56 Å². The maximum absolute atomic E-state index is 13.2. The number of nitrogens with zero attached hydrogens (tertiary/aromatic N) is 3. The van der Waals surface area contributed by atoms with Gasteiger partial charge < -0.3 is 19.5 Å². The predicted molar refractivity (Wildman–Crippen MR) is 130 cm³/mol. The van der Waals surface area contributed by atoms with E-state index in [1.165, 1.54) is 12.1 Å². The maximum atomic E-state index is 13.2. The molecule has 3 aromatic carbocycles. The first-order chi connectivity index (χ1) is 17.6. The first kappa shape index (κ1) is 23.2. The van der Waals surface area contributed by atoms with E-state index in [1.807, 2.05) is 36.4 Å². The Bertz CT molecular complexity index is 1360. The zero-order valence-corrected chi connectivity index (χ0v) is 19.3. The van der Waals surface area contributed by atoms with Gasteiger partial charge >= 0.3 is 0 Å². The second-order valence-corrected chi connectivity index (χ2v) is 8.30. The Morgan fingerprint density at radius 1 is 1.00 bits per heavy atom. The molecule has 1 N–H and O–H groups in total. The van der Waals surface area contributed by atoms with Gasteiger partial charge in [0.2, 0.25) is 17.6 Å². The summed E-state index contributed by atoms with van der Waals surface area (Å²) in [5.41, 5.74) is 2.19. The van der Waals surface area contributed by atoms with Gasteiger partial charge in [0, 0.05) is 24.9 Å². The topological polar surface area (TPSA) is 97.6 Å². The molecule has 0 fully saturated rings. The van der Waals surface area contributed by atoms with E-state index in [1.54, 1.807) is 35.2 Å². The Labute approximate surface area is 206 Å². The number of rotatable bonds is 7. The quantitative estimate of drug-likeness (QED) is 0.425. The zero-order chi connectivity index (χ0) is 24.9. The molecule has 36 heavy (non-hydrogen) atoms. The molecule has 0 bridgehead atoms. The summed E-state index contributed by atoms with van der Waals surface area (Å²) in [5, 5.41) is 6.80. The van der Waals surface area contributed by atoms with Crippen molar-refractivity contribution in [1.29, 1.82) is 0 Å². The molecule has 0 saturated carbocycles.